The Morgan fingerprint density at radius 1 is 1.28 bits per heavy atom. The number of amides is 1. The molecule has 2 aromatic rings. The predicted molar refractivity (Wildman–Crippen MR) is 96.3 cm³/mol. The Labute approximate surface area is 148 Å². The minimum absolute atomic E-state index is 0.0289. The predicted octanol–water partition coefficient (Wildman–Crippen LogP) is 1.93. The molecule has 0 aromatic carbocycles. The Balaban J connectivity index is 1.97. The van der Waals surface area contributed by atoms with Crippen molar-refractivity contribution in [2.45, 2.75) is 59.5 Å². The lowest BCUT2D eigenvalue weighted by Crippen LogP contribution is -2.31. The van der Waals surface area contributed by atoms with E-state index in [0.29, 0.717) is 18.8 Å². The molecule has 0 fully saturated rings. The zero-order valence-electron chi connectivity index (χ0n) is 15.9. The number of rotatable bonds is 5. The third-order valence-corrected chi connectivity index (χ3v) is 4.13. The summed E-state index contributed by atoms with van der Waals surface area (Å²) in [4.78, 5) is 29.9. The van der Waals surface area contributed by atoms with E-state index in [1.807, 2.05) is 19.1 Å². The number of carbonyl (C=O) groups is 1. The highest BCUT2D eigenvalue weighted by Gasteiger charge is 2.18. The summed E-state index contributed by atoms with van der Waals surface area (Å²) in [5.41, 5.74) is 3.03. The number of hydrogen-bond acceptors (Lipinski definition) is 4. The van der Waals surface area contributed by atoms with Crippen molar-refractivity contribution in [2.75, 3.05) is 7.05 Å². The van der Waals surface area contributed by atoms with Gasteiger partial charge < -0.3 is 4.90 Å². The second kappa shape index (κ2) is 7.21. The average Bonchev–Trinajstić information content (AvgIpc) is 2.94. The summed E-state index contributed by atoms with van der Waals surface area (Å²) in [5.74, 6) is -0.0289. The van der Waals surface area contributed by atoms with Gasteiger partial charge in [0.05, 0.1) is 17.9 Å². The molecule has 2 rings (SSSR count). The van der Waals surface area contributed by atoms with E-state index >= 15 is 0 Å². The van der Waals surface area contributed by atoms with Crippen molar-refractivity contribution < 1.29 is 4.79 Å². The molecule has 0 unspecified atom stereocenters. The van der Waals surface area contributed by atoms with Gasteiger partial charge in [0.15, 0.2) is 0 Å². The molecule has 7 nitrogen and oxygen atoms in total. The normalized spacial score (nSPS) is 11.6. The van der Waals surface area contributed by atoms with E-state index in [2.05, 4.69) is 36.0 Å². The standard InChI is InChI=1S/C18H27N5O2/c1-12-9-13(2)23(17(25)19-12)8-7-16(24)22(6)11-14-10-15(21-20-14)18(3,4)5/h9-10H,7-8,11H2,1-6H3,(H,20,21). The van der Waals surface area contributed by atoms with Crippen LogP contribution in [0.1, 0.15) is 50.0 Å². The molecule has 0 radical (unpaired) electrons. The largest absolute Gasteiger partial charge is 0.347 e. The van der Waals surface area contributed by atoms with Gasteiger partial charge in [-0.3, -0.25) is 14.5 Å². The fourth-order valence-corrected chi connectivity index (χ4v) is 2.62. The van der Waals surface area contributed by atoms with E-state index in [1.54, 1.807) is 18.9 Å². The van der Waals surface area contributed by atoms with Gasteiger partial charge >= 0.3 is 5.69 Å². The first-order valence-electron chi connectivity index (χ1n) is 8.41. The van der Waals surface area contributed by atoms with Gasteiger partial charge in [-0.2, -0.15) is 10.1 Å². The zero-order valence-corrected chi connectivity index (χ0v) is 15.9. The molecule has 1 amide bonds. The smallest absolute Gasteiger partial charge is 0.340 e. The number of nitrogens with zero attached hydrogens (tertiary/aromatic N) is 4. The minimum Gasteiger partial charge on any atom is -0.340 e. The molecule has 0 atom stereocenters. The number of aryl methyl sites for hydroxylation is 2. The Morgan fingerprint density at radius 2 is 1.96 bits per heavy atom. The third-order valence-electron chi connectivity index (χ3n) is 4.13. The molecule has 0 saturated carbocycles. The number of hydrogen-bond donors (Lipinski definition) is 1. The molecular formula is C18H27N5O2. The number of carbonyl (C=O) groups excluding carboxylic acids is 1. The van der Waals surface area contributed by atoms with E-state index < -0.39 is 0 Å². The van der Waals surface area contributed by atoms with Crippen LogP contribution in [0.15, 0.2) is 16.9 Å². The van der Waals surface area contributed by atoms with E-state index in [9.17, 15) is 9.59 Å². The van der Waals surface area contributed by atoms with Gasteiger partial charge in [0, 0.05) is 36.8 Å². The number of aromatic nitrogens is 4. The van der Waals surface area contributed by atoms with Crippen LogP contribution in [-0.2, 0) is 23.3 Å². The van der Waals surface area contributed by atoms with Crippen LogP contribution in [0.2, 0.25) is 0 Å². The fraction of sp³-hybridized carbons (Fsp3) is 0.556. The van der Waals surface area contributed by atoms with Crippen molar-refractivity contribution in [3.05, 3.63) is 45.4 Å². The third kappa shape index (κ3) is 4.78. The maximum absolute atomic E-state index is 12.4. The topological polar surface area (TPSA) is 83.9 Å². The first kappa shape index (κ1) is 18.9. The lowest BCUT2D eigenvalue weighted by molar-refractivity contribution is -0.130. The summed E-state index contributed by atoms with van der Waals surface area (Å²) in [7, 11) is 1.75. The average molecular weight is 345 g/mol. The van der Waals surface area contributed by atoms with Gasteiger partial charge in [-0.15, -0.1) is 0 Å². The molecule has 25 heavy (non-hydrogen) atoms. The van der Waals surface area contributed by atoms with Crippen molar-refractivity contribution in [3.63, 3.8) is 0 Å². The van der Waals surface area contributed by atoms with Gasteiger partial charge in [0.1, 0.15) is 0 Å². The Hall–Kier alpha value is -2.44. The molecular weight excluding hydrogens is 318 g/mol. The Bertz CT molecular complexity index is 814. The molecule has 7 heteroatoms. The maximum Gasteiger partial charge on any atom is 0.347 e. The number of aromatic amines is 1. The van der Waals surface area contributed by atoms with Crippen LogP contribution < -0.4 is 5.69 Å². The highest BCUT2D eigenvalue weighted by molar-refractivity contribution is 5.75. The molecule has 1 N–H and O–H groups in total. The molecule has 0 aliphatic rings. The van der Waals surface area contributed by atoms with Gasteiger partial charge in [-0.25, -0.2) is 4.79 Å². The van der Waals surface area contributed by atoms with E-state index in [4.69, 9.17) is 0 Å². The van der Waals surface area contributed by atoms with Crippen molar-refractivity contribution in [1.82, 2.24) is 24.6 Å². The summed E-state index contributed by atoms with van der Waals surface area (Å²) in [6.45, 7) is 10.7. The highest BCUT2D eigenvalue weighted by Crippen LogP contribution is 2.20. The second-order valence-electron chi connectivity index (χ2n) is 7.50. The summed E-state index contributed by atoms with van der Waals surface area (Å²) < 4.78 is 1.53. The lowest BCUT2D eigenvalue weighted by Gasteiger charge is -2.17. The zero-order chi connectivity index (χ0) is 18.8. The Kier molecular flexibility index (Phi) is 5.45. The molecule has 0 spiro atoms. The van der Waals surface area contributed by atoms with E-state index in [0.717, 1.165) is 17.1 Å². The van der Waals surface area contributed by atoms with Gasteiger partial charge in [-0.1, -0.05) is 20.8 Å². The van der Waals surface area contributed by atoms with Crippen LogP contribution in [0.25, 0.3) is 0 Å². The van der Waals surface area contributed by atoms with E-state index in [1.165, 1.54) is 4.57 Å². The van der Waals surface area contributed by atoms with Crippen LogP contribution >= 0.6 is 0 Å². The quantitative estimate of drug-likeness (QED) is 0.897. The summed E-state index contributed by atoms with van der Waals surface area (Å²) in [6.07, 6.45) is 0.252. The SMILES string of the molecule is Cc1cc(C)n(CCC(=O)N(C)Cc2cc(C(C)(C)C)n[nH]2)c(=O)n1. The van der Waals surface area contributed by atoms with Gasteiger partial charge in [-0.05, 0) is 26.0 Å². The van der Waals surface area contributed by atoms with Crippen molar-refractivity contribution in [2.24, 2.45) is 0 Å². The first-order chi connectivity index (χ1) is 11.6. The number of H-pyrrole nitrogens is 1. The van der Waals surface area contributed by atoms with Crippen LogP contribution in [0.3, 0.4) is 0 Å². The van der Waals surface area contributed by atoms with Crippen LogP contribution in [-0.4, -0.2) is 37.6 Å². The molecule has 2 heterocycles. The van der Waals surface area contributed by atoms with Crippen LogP contribution in [0.5, 0.6) is 0 Å². The maximum atomic E-state index is 12.4. The van der Waals surface area contributed by atoms with Gasteiger partial charge in [0.2, 0.25) is 5.91 Å². The summed E-state index contributed by atoms with van der Waals surface area (Å²) in [5, 5.41) is 7.30. The van der Waals surface area contributed by atoms with Crippen LogP contribution in [0, 0.1) is 13.8 Å². The molecule has 0 bridgehead atoms. The van der Waals surface area contributed by atoms with Crippen molar-refractivity contribution in [1.29, 1.82) is 0 Å². The molecule has 2 aromatic heterocycles. The molecule has 0 aliphatic heterocycles. The summed E-state index contributed by atoms with van der Waals surface area (Å²) >= 11 is 0. The molecule has 136 valence electrons. The molecule has 0 aliphatic carbocycles. The lowest BCUT2D eigenvalue weighted by atomic mass is 9.92. The summed E-state index contributed by atoms with van der Waals surface area (Å²) in [6, 6.07) is 3.83. The molecule has 0 saturated heterocycles. The van der Waals surface area contributed by atoms with Crippen LogP contribution in [0.4, 0.5) is 0 Å². The highest BCUT2D eigenvalue weighted by atomic mass is 16.2. The number of nitrogens with one attached hydrogen (secondary N) is 1. The van der Waals surface area contributed by atoms with E-state index in [-0.39, 0.29) is 23.4 Å². The monoisotopic (exact) mass is 345 g/mol. The van der Waals surface area contributed by atoms with Gasteiger partial charge in [0.25, 0.3) is 0 Å². The second-order valence-corrected chi connectivity index (χ2v) is 7.50. The first-order valence-corrected chi connectivity index (χ1v) is 8.41. The van der Waals surface area contributed by atoms with Crippen molar-refractivity contribution >= 4 is 5.91 Å². The fourth-order valence-electron chi connectivity index (χ4n) is 2.62. The minimum atomic E-state index is -0.309. The Morgan fingerprint density at radius 3 is 2.52 bits per heavy atom. The van der Waals surface area contributed by atoms with Crippen molar-refractivity contribution in [3.8, 4) is 0 Å².